The summed E-state index contributed by atoms with van der Waals surface area (Å²) < 4.78 is 8.68. The van der Waals surface area contributed by atoms with Crippen molar-refractivity contribution >= 4 is 28.3 Å². The molecule has 19 heavy (non-hydrogen) atoms. The van der Waals surface area contributed by atoms with E-state index in [1.165, 1.54) is 12.7 Å². The van der Waals surface area contributed by atoms with Crippen molar-refractivity contribution in [2.45, 2.75) is 13.5 Å². The Bertz CT molecular complexity index is 595. The SMILES string of the molecule is COC(=O)c1c(N)nsc1NCc1ccccc1C. The normalized spacial score (nSPS) is 10.2. The smallest absolute Gasteiger partial charge is 0.344 e. The van der Waals surface area contributed by atoms with Gasteiger partial charge in [-0.1, -0.05) is 24.3 Å². The van der Waals surface area contributed by atoms with Crippen LogP contribution in [0.5, 0.6) is 0 Å². The Labute approximate surface area is 115 Å². The van der Waals surface area contributed by atoms with Crippen LogP contribution in [-0.2, 0) is 11.3 Å². The lowest BCUT2D eigenvalue weighted by Gasteiger charge is -2.08. The van der Waals surface area contributed by atoms with Crippen LogP contribution in [0.4, 0.5) is 10.8 Å². The van der Waals surface area contributed by atoms with Crippen LogP contribution in [0, 0.1) is 6.92 Å². The molecule has 3 N–H and O–H groups in total. The number of carbonyl (C=O) groups is 1. The zero-order valence-corrected chi connectivity index (χ0v) is 11.6. The number of nitrogens with two attached hydrogens (primary N) is 1. The maximum atomic E-state index is 11.6. The minimum Gasteiger partial charge on any atom is -0.465 e. The number of nitrogen functional groups attached to an aromatic ring is 1. The van der Waals surface area contributed by atoms with Gasteiger partial charge in [0.15, 0.2) is 5.82 Å². The van der Waals surface area contributed by atoms with E-state index < -0.39 is 5.97 Å². The number of aromatic nitrogens is 1. The van der Waals surface area contributed by atoms with Gasteiger partial charge in [-0.15, -0.1) is 0 Å². The molecule has 0 radical (unpaired) electrons. The molecular formula is C13H15N3O2S. The molecule has 0 saturated carbocycles. The van der Waals surface area contributed by atoms with Crippen LogP contribution < -0.4 is 11.1 Å². The highest BCUT2D eigenvalue weighted by molar-refractivity contribution is 7.11. The van der Waals surface area contributed by atoms with Crippen LogP contribution in [0.25, 0.3) is 0 Å². The van der Waals surface area contributed by atoms with Gasteiger partial charge in [-0.3, -0.25) is 0 Å². The second-order valence-electron chi connectivity index (χ2n) is 4.04. The predicted molar refractivity (Wildman–Crippen MR) is 76.4 cm³/mol. The second kappa shape index (κ2) is 5.71. The summed E-state index contributed by atoms with van der Waals surface area (Å²) in [5.74, 6) is -0.275. The van der Waals surface area contributed by atoms with Gasteiger partial charge in [0.2, 0.25) is 0 Å². The van der Waals surface area contributed by atoms with Gasteiger partial charge in [0.05, 0.1) is 7.11 Å². The van der Waals surface area contributed by atoms with E-state index in [1.807, 2.05) is 31.2 Å². The van der Waals surface area contributed by atoms with E-state index in [0.29, 0.717) is 17.1 Å². The minimum atomic E-state index is -0.474. The fourth-order valence-electron chi connectivity index (χ4n) is 1.71. The molecule has 2 rings (SSSR count). The number of anilines is 2. The maximum Gasteiger partial charge on any atom is 0.344 e. The fraction of sp³-hybridized carbons (Fsp3) is 0.231. The van der Waals surface area contributed by atoms with Crippen LogP contribution in [0.3, 0.4) is 0 Å². The van der Waals surface area contributed by atoms with E-state index in [0.717, 1.165) is 17.1 Å². The maximum absolute atomic E-state index is 11.6. The van der Waals surface area contributed by atoms with E-state index in [2.05, 4.69) is 9.69 Å². The van der Waals surface area contributed by atoms with Crippen molar-refractivity contribution in [3.8, 4) is 0 Å². The van der Waals surface area contributed by atoms with E-state index >= 15 is 0 Å². The van der Waals surface area contributed by atoms with Gasteiger partial charge < -0.3 is 15.8 Å². The van der Waals surface area contributed by atoms with E-state index in [1.54, 1.807) is 0 Å². The van der Waals surface area contributed by atoms with Crippen LogP contribution in [0.2, 0.25) is 0 Å². The summed E-state index contributed by atoms with van der Waals surface area (Å²) >= 11 is 1.16. The molecule has 0 saturated heterocycles. The van der Waals surface area contributed by atoms with Gasteiger partial charge in [-0.05, 0) is 29.6 Å². The molecule has 0 aliphatic carbocycles. The van der Waals surface area contributed by atoms with Crippen molar-refractivity contribution in [1.29, 1.82) is 0 Å². The quantitative estimate of drug-likeness (QED) is 0.839. The number of ether oxygens (including phenoxy) is 1. The van der Waals surface area contributed by atoms with Crippen molar-refractivity contribution in [3.63, 3.8) is 0 Å². The van der Waals surface area contributed by atoms with Gasteiger partial charge in [-0.25, -0.2) is 4.79 Å². The molecule has 1 heterocycles. The van der Waals surface area contributed by atoms with Crippen LogP contribution in [0.1, 0.15) is 21.5 Å². The highest BCUT2D eigenvalue weighted by atomic mass is 32.1. The summed E-state index contributed by atoms with van der Waals surface area (Å²) in [6.07, 6.45) is 0. The van der Waals surface area contributed by atoms with Crippen LogP contribution >= 0.6 is 11.5 Å². The number of carbonyl (C=O) groups excluding carboxylic acids is 1. The molecule has 0 amide bonds. The monoisotopic (exact) mass is 277 g/mol. The molecule has 0 bridgehead atoms. The molecule has 0 fully saturated rings. The lowest BCUT2D eigenvalue weighted by Crippen LogP contribution is -2.08. The first-order valence-electron chi connectivity index (χ1n) is 5.75. The summed E-state index contributed by atoms with van der Waals surface area (Å²) in [7, 11) is 1.32. The topological polar surface area (TPSA) is 77.2 Å². The average Bonchev–Trinajstić information content (AvgIpc) is 2.78. The number of rotatable bonds is 4. The molecule has 0 aliphatic rings. The number of hydrogen-bond donors (Lipinski definition) is 2. The minimum absolute atomic E-state index is 0.198. The lowest BCUT2D eigenvalue weighted by atomic mass is 10.1. The van der Waals surface area contributed by atoms with E-state index in [-0.39, 0.29) is 5.82 Å². The van der Waals surface area contributed by atoms with Crippen LogP contribution in [0.15, 0.2) is 24.3 Å². The Hall–Kier alpha value is -2.08. The summed E-state index contributed by atoms with van der Waals surface area (Å²) in [6, 6.07) is 8.04. The Kier molecular flexibility index (Phi) is 4.01. The molecule has 1 aromatic carbocycles. The van der Waals surface area contributed by atoms with Crippen molar-refractivity contribution in [1.82, 2.24) is 4.37 Å². The molecule has 2 aromatic rings. The largest absolute Gasteiger partial charge is 0.465 e. The summed E-state index contributed by atoms with van der Waals surface area (Å²) in [4.78, 5) is 11.6. The highest BCUT2D eigenvalue weighted by Crippen LogP contribution is 2.28. The summed E-state index contributed by atoms with van der Waals surface area (Å²) in [5.41, 5.74) is 8.33. The van der Waals surface area contributed by atoms with Crippen LogP contribution in [-0.4, -0.2) is 17.5 Å². The first-order valence-corrected chi connectivity index (χ1v) is 6.52. The van der Waals surface area contributed by atoms with Crippen molar-refractivity contribution in [2.75, 3.05) is 18.2 Å². The lowest BCUT2D eigenvalue weighted by molar-refractivity contribution is 0.0603. The molecular weight excluding hydrogens is 262 g/mol. The molecule has 0 aliphatic heterocycles. The molecule has 5 nitrogen and oxygen atoms in total. The molecule has 0 unspecified atom stereocenters. The summed E-state index contributed by atoms with van der Waals surface area (Å²) in [6.45, 7) is 2.65. The Balaban J connectivity index is 2.17. The number of nitrogens with zero attached hydrogens (tertiary/aromatic N) is 1. The molecule has 0 spiro atoms. The van der Waals surface area contributed by atoms with E-state index in [9.17, 15) is 4.79 Å². The number of nitrogens with one attached hydrogen (secondary N) is 1. The molecule has 0 atom stereocenters. The number of hydrogen-bond acceptors (Lipinski definition) is 6. The summed E-state index contributed by atoms with van der Waals surface area (Å²) in [5, 5.41) is 3.81. The zero-order valence-electron chi connectivity index (χ0n) is 10.8. The first-order chi connectivity index (χ1) is 9.13. The third kappa shape index (κ3) is 2.85. The standard InChI is InChI=1S/C13H15N3O2S/c1-8-5-3-4-6-9(8)7-15-12-10(13(17)18-2)11(14)16-19-12/h3-6,15H,7H2,1-2H3,(H2,14,16). The fourth-order valence-corrected chi connectivity index (χ4v) is 2.40. The number of aryl methyl sites for hydroxylation is 1. The third-order valence-corrected chi connectivity index (χ3v) is 3.63. The molecule has 100 valence electrons. The van der Waals surface area contributed by atoms with Gasteiger partial charge >= 0.3 is 5.97 Å². The molecule has 6 heteroatoms. The Morgan fingerprint density at radius 2 is 2.21 bits per heavy atom. The van der Waals surface area contributed by atoms with Crippen molar-refractivity contribution in [3.05, 3.63) is 41.0 Å². The van der Waals surface area contributed by atoms with E-state index in [4.69, 9.17) is 10.5 Å². The molecule has 1 aromatic heterocycles. The predicted octanol–water partition coefficient (Wildman–Crippen LogP) is 2.43. The average molecular weight is 277 g/mol. The van der Waals surface area contributed by atoms with Crippen molar-refractivity contribution in [2.24, 2.45) is 0 Å². The second-order valence-corrected chi connectivity index (χ2v) is 4.82. The number of esters is 1. The van der Waals surface area contributed by atoms with Gasteiger partial charge in [0, 0.05) is 6.54 Å². The number of benzene rings is 1. The van der Waals surface area contributed by atoms with Gasteiger partial charge in [0.1, 0.15) is 10.6 Å². The van der Waals surface area contributed by atoms with Gasteiger partial charge in [0.25, 0.3) is 0 Å². The Morgan fingerprint density at radius 3 is 2.89 bits per heavy atom. The zero-order chi connectivity index (χ0) is 13.8. The van der Waals surface area contributed by atoms with Crippen molar-refractivity contribution < 1.29 is 9.53 Å². The third-order valence-electron chi connectivity index (χ3n) is 2.81. The Morgan fingerprint density at radius 1 is 1.47 bits per heavy atom. The first kappa shape index (κ1) is 13.4. The van der Waals surface area contributed by atoms with Gasteiger partial charge in [-0.2, -0.15) is 4.37 Å². The number of methoxy groups -OCH3 is 1. The highest BCUT2D eigenvalue weighted by Gasteiger charge is 2.19.